The number of carbonyl (C=O) groups excluding carboxylic acids is 1. The molecule has 1 unspecified atom stereocenters. The molecule has 0 amide bonds. The normalized spacial score (nSPS) is 21.8. The summed E-state index contributed by atoms with van der Waals surface area (Å²) in [5.74, 6) is -0.883. The molecule has 1 aromatic carbocycles. The largest absolute Gasteiger partial charge is 0.458 e. The average Bonchev–Trinajstić information content (AvgIpc) is 3.06. The summed E-state index contributed by atoms with van der Waals surface area (Å²) >= 11 is 0. The summed E-state index contributed by atoms with van der Waals surface area (Å²) in [6.45, 7) is -0.399. The molecule has 2 aliphatic heterocycles. The lowest BCUT2D eigenvalue weighted by molar-refractivity contribution is -0.188. The van der Waals surface area contributed by atoms with Crippen LogP contribution < -0.4 is 5.56 Å². The molecular formula is C22H17F3N2O5. The fraction of sp³-hybridized carbons (Fsp3) is 0.318. The van der Waals surface area contributed by atoms with Gasteiger partial charge in [-0.25, -0.2) is 9.78 Å². The first-order valence-electron chi connectivity index (χ1n) is 9.91. The molecule has 1 N–H and O–H groups in total. The van der Waals surface area contributed by atoms with E-state index >= 15 is 0 Å². The molecule has 166 valence electrons. The van der Waals surface area contributed by atoms with Crippen molar-refractivity contribution in [3.8, 4) is 11.4 Å². The SMILES string of the molecule is CC[C@@]1(O)C(=O)OCc2c1cc1n(c2=O)C(OCC(F)(F)F)c2cc3ccccc3nc2-1. The quantitative estimate of drug-likeness (QED) is 0.622. The van der Waals surface area contributed by atoms with Gasteiger partial charge in [-0.05, 0) is 24.6 Å². The number of fused-ring (bicyclic) bond motifs is 5. The number of para-hydroxylation sites is 1. The molecule has 32 heavy (non-hydrogen) atoms. The monoisotopic (exact) mass is 446 g/mol. The maximum atomic E-state index is 13.4. The molecule has 3 aromatic rings. The third kappa shape index (κ3) is 2.94. The number of hydrogen-bond donors (Lipinski definition) is 1. The van der Waals surface area contributed by atoms with Crippen LogP contribution in [0.1, 0.15) is 36.3 Å². The predicted molar refractivity (Wildman–Crippen MR) is 106 cm³/mol. The molecule has 0 saturated heterocycles. The van der Waals surface area contributed by atoms with E-state index in [0.29, 0.717) is 16.5 Å². The standard InChI is InChI=1S/C22H17F3N2O5/c1-2-21(30)14-8-16-17-12(7-11-5-3-4-6-15(11)26-17)19(32-10-22(23,24)25)27(16)18(28)13(14)9-31-20(21)29/h3-8,19,30H,2,9-10H2,1H3/t19?,21-/m0/s1. The summed E-state index contributed by atoms with van der Waals surface area (Å²) in [6.07, 6.45) is -6.03. The zero-order valence-corrected chi connectivity index (χ0v) is 16.8. The van der Waals surface area contributed by atoms with Gasteiger partial charge >= 0.3 is 12.1 Å². The Hall–Kier alpha value is -3.24. The molecule has 2 aliphatic rings. The molecule has 0 bridgehead atoms. The molecule has 4 heterocycles. The number of carbonyl (C=O) groups is 1. The van der Waals surface area contributed by atoms with E-state index in [-0.39, 0.29) is 28.9 Å². The lowest BCUT2D eigenvalue weighted by atomic mass is 9.86. The molecule has 0 aliphatic carbocycles. The van der Waals surface area contributed by atoms with Crippen molar-refractivity contribution in [3.05, 3.63) is 63.4 Å². The van der Waals surface area contributed by atoms with Gasteiger partial charge in [0.25, 0.3) is 5.56 Å². The number of halogens is 3. The minimum Gasteiger partial charge on any atom is -0.458 e. The van der Waals surface area contributed by atoms with E-state index in [2.05, 4.69) is 4.98 Å². The van der Waals surface area contributed by atoms with Crippen molar-refractivity contribution in [1.82, 2.24) is 9.55 Å². The minimum absolute atomic E-state index is 0.00401. The molecule has 0 spiro atoms. The van der Waals surface area contributed by atoms with Crippen molar-refractivity contribution >= 4 is 16.9 Å². The number of pyridine rings is 2. The van der Waals surface area contributed by atoms with Crippen LogP contribution in [0, 0.1) is 0 Å². The zero-order valence-electron chi connectivity index (χ0n) is 16.8. The Morgan fingerprint density at radius 3 is 2.75 bits per heavy atom. The van der Waals surface area contributed by atoms with E-state index in [0.717, 1.165) is 4.57 Å². The van der Waals surface area contributed by atoms with E-state index < -0.39 is 42.7 Å². The van der Waals surface area contributed by atoms with Crippen molar-refractivity contribution in [1.29, 1.82) is 0 Å². The zero-order chi connectivity index (χ0) is 22.8. The number of benzene rings is 1. The smallest absolute Gasteiger partial charge is 0.411 e. The van der Waals surface area contributed by atoms with E-state index in [1.807, 2.05) is 0 Å². The Morgan fingerprint density at radius 1 is 1.28 bits per heavy atom. The summed E-state index contributed by atoms with van der Waals surface area (Å²) < 4.78 is 50.1. The van der Waals surface area contributed by atoms with Gasteiger partial charge in [0.05, 0.1) is 22.5 Å². The third-order valence-corrected chi connectivity index (χ3v) is 5.89. The first-order valence-corrected chi connectivity index (χ1v) is 9.91. The summed E-state index contributed by atoms with van der Waals surface area (Å²) in [5, 5.41) is 11.6. The number of rotatable bonds is 3. The highest BCUT2D eigenvalue weighted by molar-refractivity contribution is 5.86. The maximum absolute atomic E-state index is 13.4. The molecule has 5 rings (SSSR count). The van der Waals surface area contributed by atoms with Gasteiger partial charge in [-0.3, -0.25) is 9.36 Å². The number of cyclic esters (lactones) is 1. The van der Waals surface area contributed by atoms with E-state index in [1.54, 1.807) is 37.3 Å². The van der Waals surface area contributed by atoms with Crippen molar-refractivity contribution in [3.63, 3.8) is 0 Å². The Bertz CT molecular complexity index is 1330. The van der Waals surface area contributed by atoms with Crippen LogP contribution in [0.5, 0.6) is 0 Å². The highest BCUT2D eigenvalue weighted by Gasteiger charge is 2.46. The van der Waals surface area contributed by atoms with Crippen LogP contribution in [-0.2, 0) is 26.5 Å². The minimum atomic E-state index is -4.61. The number of esters is 1. The van der Waals surface area contributed by atoms with Crippen LogP contribution in [0.25, 0.3) is 22.3 Å². The van der Waals surface area contributed by atoms with Gasteiger partial charge < -0.3 is 14.6 Å². The summed E-state index contributed by atoms with van der Waals surface area (Å²) in [4.78, 5) is 30.2. The van der Waals surface area contributed by atoms with Gasteiger partial charge in [0.1, 0.15) is 13.2 Å². The van der Waals surface area contributed by atoms with E-state index in [1.165, 1.54) is 6.07 Å². The van der Waals surface area contributed by atoms with Crippen LogP contribution in [-0.4, -0.2) is 33.4 Å². The summed E-state index contributed by atoms with van der Waals surface area (Å²) in [7, 11) is 0. The Morgan fingerprint density at radius 2 is 2.03 bits per heavy atom. The number of ether oxygens (including phenoxy) is 2. The van der Waals surface area contributed by atoms with Crippen LogP contribution in [0.4, 0.5) is 13.2 Å². The first-order chi connectivity index (χ1) is 15.1. The summed E-state index contributed by atoms with van der Waals surface area (Å²) in [5.41, 5.74) is -1.38. The number of aliphatic hydroxyl groups is 1. The van der Waals surface area contributed by atoms with Crippen molar-refractivity contribution in [2.45, 2.75) is 38.0 Å². The molecular weight excluding hydrogens is 429 g/mol. The van der Waals surface area contributed by atoms with Crippen LogP contribution in [0.15, 0.2) is 41.2 Å². The second kappa shape index (κ2) is 6.88. The van der Waals surface area contributed by atoms with Gasteiger partial charge in [-0.2, -0.15) is 13.2 Å². The fourth-order valence-corrected chi connectivity index (χ4v) is 4.29. The Kier molecular flexibility index (Phi) is 4.44. The van der Waals surface area contributed by atoms with Gasteiger partial charge in [0, 0.05) is 16.5 Å². The van der Waals surface area contributed by atoms with Crippen molar-refractivity contribution in [2.24, 2.45) is 0 Å². The topological polar surface area (TPSA) is 90.7 Å². The van der Waals surface area contributed by atoms with Crippen LogP contribution in [0.2, 0.25) is 0 Å². The highest BCUT2D eigenvalue weighted by atomic mass is 19.4. The molecule has 0 fully saturated rings. The van der Waals surface area contributed by atoms with Gasteiger partial charge in [0.2, 0.25) is 0 Å². The number of nitrogens with zero attached hydrogens (tertiary/aromatic N) is 2. The molecule has 0 radical (unpaired) electrons. The number of alkyl halides is 3. The third-order valence-electron chi connectivity index (χ3n) is 5.89. The molecule has 7 nitrogen and oxygen atoms in total. The second-order valence-electron chi connectivity index (χ2n) is 7.78. The lowest BCUT2D eigenvalue weighted by Gasteiger charge is -2.32. The molecule has 0 saturated carbocycles. The van der Waals surface area contributed by atoms with Gasteiger partial charge in [-0.1, -0.05) is 25.1 Å². The number of aromatic nitrogens is 2. The van der Waals surface area contributed by atoms with Crippen LogP contribution in [0.3, 0.4) is 0 Å². The van der Waals surface area contributed by atoms with E-state index in [4.69, 9.17) is 9.47 Å². The van der Waals surface area contributed by atoms with Crippen molar-refractivity contribution < 1.29 is 32.5 Å². The van der Waals surface area contributed by atoms with E-state index in [9.17, 15) is 27.9 Å². The molecule has 2 atom stereocenters. The van der Waals surface area contributed by atoms with Gasteiger partial charge in [-0.15, -0.1) is 0 Å². The average molecular weight is 446 g/mol. The van der Waals surface area contributed by atoms with Gasteiger partial charge in [0.15, 0.2) is 11.8 Å². The first kappa shape index (κ1) is 20.7. The lowest BCUT2D eigenvalue weighted by Crippen LogP contribution is -2.44. The summed E-state index contributed by atoms with van der Waals surface area (Å²) in [6, 6.07) is 10.1. The second-order valence-corrected chi connectivity index (χ2v) is 7.78. The van der Waals surface area contributed by atoms with Crippen molar-refractivity contribution in [2.75, 3.05) is 6.61 Å². The highest BCUT2D eigenvalue weighted by Crippen LogP contribution is 2.43. The number of hydrogen-bond acceptors (Lipinski definition) is 6. The maximum Gasteiger partial charge on any atom is 0.411 e. The predicted octanol–water partition coefficient (Wildman–Crippen LogP) is 3.16. The Labute approximate surface area is 179 Å². The van der Waals surface area contributed by atoms with Crippen LogP contribution >= 0.6 is 0 Å². The Balaban J connectivity index is 1.79. The molecule has 10 heteroatoms. The fourth-order valence-electron chi connectivity index (χ4n) is 4.29. The molecule has 2 aromatic heterocycles.